The summed E-state index contributed by atoms with van der Waals surface area (Å²) in [5, 5.41) is 15.9. The number of hydrogen-bond donors (Lipinski definition) is 1. The van der Waals surface area contributed by atoms with Crippen LogP contribution in [0, 0.1) is 11.3 Å². The third kappa shape index (κ3) is 5.62. The number of benzene rings is 1. The molecule has 2 aromatic rings. The molecule has 1 aromatic carbocycles. The predicted octanol–water partition coefficient (Wildman–Crippen LogP) is 1.81. The Balaban J connectivity index is 1.47. The van der Waals surface area contributed by atoms with Gasteiger partial charge in [-0.3, -0.25) is 18.5 Å². The van der Waals surface area contributed by atoms with E-state index < -0.39 is 53.4 Å². The molecule has 12 nitrogen and oxygen atoms in total. The van der Waals surface area contributed by atoms with Gasteiger partial charge in [0.25, 0.3) is 11.8 Å². The van der Waals surface area contributed by atoms with E-state index in [1.807, 2.05) is 6.07 Å². The molecule has 0 spiro atoms. The lowest BCUT2D eigenvalue weighted by Crippen LogP contribution is -2.52. The number of fused-ring (bicyclic) bond motifs is 1. The van der Waals surface area contributed by atoms with Gasteiger partial charge in [0.1, 0.15) is 5.69 Å². The van der Waals surface area contributed by atoms with Gasteiger partial charge in [0.15, 0.2) is 15.5 Å². The van der Waals surface area contributed by atoms with E-state index in [-0.39, 0.29) is 50.3 Å². The molecule has 1 aliphatic heterocycles. The van der Waals surface area contributed by atoms with Crippen molar-refractivity contribution in [3.8, 4) is 6.07 Å². The van der Waals surface area contributed by atoms with E-state index in [9.17, 15) is 39.6 Å². The monoisotopic (exact) mass is 631 g/mol. The third-order valence-corrected chi connectivity index (χ3v) is 11.7. The van der Waals surface area contributed by atoms with E-state index in [1.165, 1.54) is 16.6 Å². The molecule has 0 unspecified atom stereocenters. The van der Waals surface area contributed by atoms with Crippen LogP contribution in [0.4, 0.5) is 13.2 Å². The molecule has 17 heteroatoms. The van der Waals surface area contributed by atoms with Crippen molar-refractivity contribution in [2.45, 2.75) is 54.7 Å². The second-order valence-electron chi connectivity index (χ2n) is 10.9. The molecule has 1 N–H and O–H groups in total. The summed E-state index contributed by atoms with van der Waals surface area (Å²) in [4.78, 5) is 27.7. The minimum absolute atomic E-state index is 0.0482. The predicted molar refractivity (Wildman–Crippen MR) is 141 cm³/mol. The van der Waals surface area contributed by atoms with Gasteiger partial charge in [-0.2, -0.15) is 31.9 Å². The number of amides is 2. The Bertz CT molecular complexity index is 1670. The van der Waals surface area contributed by atoms with E-state index in [0.29, 0.717) is 11.1 Å². The molecule has 0 bridgehead atoms. The lowest BCUT2D eigenvalue weighted by atomic mass is 10.0. The standard InChI is InChI=1S/C25H28F3N5O7S2/c1-23(2,15-40-42(38,39)25(26,27)28)41(36,37)24(9-10-24)14-33-11-8-18-19(31-32(3)20(18)22(33)35)21(34)30-13-17-6-4-16(12-29)5-7-17/h4-7H,8-11,13-15H2,1-3H3,(H,30,34). The summed E-state index contributed by atoms with van der Waals surface area (Å²) < 4.78 is 89.7. The first kappa shape index (κ1) is 31.4. The average Bonchev–Trinajstić information content (AvgIpc) is 3.63. The largest absolute Gasteiger partial charge is 0.523 e. The number of rotatable bonds is 10. The van der Waals surface area contributed by atoms with Crippen molar-refractivity contribution in [1.29, 1.82) is 5.26 Å². The Morgan fingerprint density at radius 2 is 1.79 bits per heavy atom. The first-order valence-corrected chi connectivity index (χ1v) is 15.6. The fourth-order valence-electron chi connectivity index (χ4n) is 4.82. The molecule has 228 valence electrons. The molecule has 0 atom stereocenters. The molecule has 1 aliphatic carbocycles. The molecule has 4 rings (SSSR count). The van der Waals surface area contributed by atoms with Crippen molar-refractivity contribution >= 4 is 31.8 Å². The van der Waals surface area contributed by atoms with Crippen LogP contribution in [0.15, 0.2) is 24.3 Å². The minimum atomic E-state index is -6.00. The van der Waals surface area contributed by atoms with E-state index >= 15 is 0 Å². The first-order valence-electron chi connectivity index (χ1n) is 12.7. The smallest absolute Gasteiger partial charge is 0.347 e. The van der Waals surface area contributed by atoms with Crippen LogP contribution >= 0.6 is 0 Å². The number of carbonyl (C=O) groups excluding carboxylic acids is 2. The summed E-state index contributed by atoms with van der Waals surface area (Å²) in [5.41, 5.74) is -3.93. The highest BCUT2D eigenvalue weighted by atomic mass is 32.2. The highest BCUT2D eigenvalue weighted by Crippen LogP contribution is 2.49. The highest BCUT2D eigenvalue weighted by molar-refractivity contribution is 7.94. The van der Waals surface area contributed by atoms with Gasteiger partial charge >= 0.3 is 15.6 Å². The third-order valence-electron chi connectivity index (χ3n) is 7.45. The van der Waals surface area contributed by atoms with Crippen molar-refractivity contribution in [3.05, 3.63) is 52.3 Å². The number of sulfone groups is 1. The molecular formula is C25H28F3N5O7S2. The number of hydrogen-bond acceptors (Lipinski definition) is 9. The number of nitriles is 1. The molecule has 0 saturated heterocycles. The Morgan fingerprint density at radius 3 is 2.33 bits per heavy atom. The van der Waals surface area contributed by atoms with Gasteiger partial charge in [0.2, 0.25) is 0 Å². The second-order valence-corrected chi connectivity index (χ2v) is 15.5. The number of alkyl halides is 3. The highest BCUT2D eigenvalue weighted by Gasteiger charge is 2.61. The Hall–Kier alpha value is -3.49. The normalized spacial score (nSPS) is 17.0. The number of carbonyl (C=O) groups is 2. The average molecular weight is 632 g/mol. The number of aromatic nitrogens is 2. The van der Waals surface area contributed by atoms with Crippen LogP contribution < -0.4 is 5.32 Å². The van der Waals surface area contributed by atoms with E-state index in [0.717, 1.165) is 19.4 Å². The zero-order valence-electron chi connectivity index (χ0n) is 22.9. The summed E-state index contributed by atoms with van der Waals surface area (Å²) in [6.07, 6.45) is 0.437. The van der Waals surface area contributed by atoms with Gasteiger partial charge in [-0.25, -0.2) is 8.42 Å². The molecule has 1 aromatic heterocycles. The van der Waals surface area contributed by atoms with Crippen molar-refractivity contribution in [2.24, 2.45) is 7.05 Å². The van der Waals surface area contributed by atoms with Crippen LogP contribution in [0.3, 0.4) is 0 Å². The fourth-order valence-corrected chi connectivity index (χ4v) is 7.83. The maximum Gasteiger partial charge on any atom is 0.523 e. The molecule has 0 radical (unpaired) electrons. The summed E-state index contributed by atoms with van der Waals surface area (Å²) in [6, 6.07) is 8.62. The van der Waals surface area contributed by atoms with Crippen LogP contribution in [-0.4, -0.2) is 78.0 Å². The van der Waals surface area contributed by atoms with Gasteiger partial charge in [0, 0.05) is 32.2 Å². The maximum absolute atomic E-state index is 13.5. The number of nitrogens with zero attached hydrogens (tertiary/aromatic N) is 4. The molecule has 2 amide bonds. The Morgan fingerprint density at radius 1 is 1.17 bits per heavy atom. The van der Waals surface area contributed by atoms with Crippen molar-refractivity contribution in [3.63, 3.8) is 0 Å². The van der Waals surface area contributed by atoms with Gasteiger partial charge in [-0.05, 0) is 50.8 Å². The van der Waals surface area contributed by atoms with Gasteiger partial charge < -0.3 is 10.2 Å². The number of nitrogens with one attached hydrogen (secondary N) is 1. The van der Waals surface area contributed by atoms with E-state index in [2.05, 4.69) is 14.6 Å². The zero-order chi connectivity index (χ0) is 31.3. The van der Waals surface area contributed by atoms with Crippen LogP contribution in [0.5, 0.6) is 0 Å². The molecule has 1 saturated carbocycles. The van der Waals surface area contributed by atoms with Crippen molar-refractivity contribution < 1.29 is 43.8 Å². The van der Waals surface area contributed by atoms with Gasteiger partial charge in [-0.1, -0.05) is 12.1 Å². The summed E-state index contributed by atoms with van der Waals surface area (Å²) in [5.74, 6) is -1.08. The lowest BCUT2D eigenvalue weighted by molar-refractivity contribution is -0.0546. The Kier molecular flexibility index (Phi) is 7.98. The van der Waals surface area contributed by atoms with E-state index in [4.69, 9.17) is 5.26 Å². The molecular weight excluding hydrogens is 603 g/mol. The minimum Gasteiger partial charge on any atom is -0.347 e. The molecule has 42 heavy (non-hydrogen) atoms. The number of halogens is 3. The summed E-state index contributed by atoms with van der Waals surface area (Å²) in [7, 11) is -8.83. The van der Waals surface area contributed by atoms with Crippen LogP contribution in [0.1, 0.15) is 64.4 Å². The molecule has 2 aliphatic rings. The van der Waals surface area contributed by atoms with Gasteiger partial charge in [0.05, 0.1) is 27.7 Å². The fraction of sp³-hybridized carbons (Fsp3) is 0.520. The summed E-state index contributed by atoms with van der Waals surface area (Å²) >= 11 is 0. The SMILES string of the molecule is Cn1nc(C(=O)NCc2ccc(C#N)cc2)c2c1C(=O)N(CC1(S(=O)(=O)C(C)(C)COS(=O)(=O)C(F)(F)F)CC1)CC2. The first-order chi connectivity index (χ1) is 19.4. The van der Waals surface area contributed by atoms with Crippen molar-refractivity contribution in [1.82, 2.24) is 20.0 Å². The van der Waals surface area contributed by atoms with Crippen LogP contribution in [0.2, 0.25) is 0 Å². The zero-order valence-corrected chi connectivity index (χ0v) is 24.5. The van der Waals surface area contributed by atoms with Crippen molar-refractivity contribution in [2.75, 3.05) is 19.7 Å². The topological polar surface area (TPSA) is 169 Å². The van der Waals surface area contributed by atoms with Gasteiger partial charge in [-0.15, -0.1) is 0 Å². The van der Waals surface area contributed by atoms with E-state index in [1.54, 1.807) is 24.3 Å². The molecule has 1 fully saturated rings. The second kappa shape index (κ2) is 10.7. The van der Waals surface area contributed by atoms with Crippen LogP contribution in [0.25, 0.3) is 0 Å². The van der Waals surface area contributed by atoms with Crippen LogP contribution in [-0.2, 0) is 44.2 Å². The quantitative estimate of drug-likeness (QED) is 0.304. The lowest BCUT2D eigenvalue weighted by Gasteiger charge is -2.35. The maximum atomic E-state index is 13.5. The summed E-state index contributed by atoms with van der Waals surface area (Å²) in [6.45, 7) is 0.848. The molecule has 2 heterocycles. The Labute approximate surface area is 240 Å². The number of aryl methyl sites for hydroxylation is 1.